The van der Waals surface area contributed by atoms with Gasteiger partial charge in [-0.15, -0.1) is 10.2 Å². The summed E-state index contributed by atoms with van der Waals surface area (Å²) in [6, 6.07) is 1.72. The van der Waals surface area contributed by atoms with E-state index in [-0.39, 0.29) is 11.8 Å². The zero-order valence-electron chi connectivity index (χ0n) is 14.4. The highest BCUT2D eigenvalue weighted by Gasteiger charge is 2.28. The maximum absolute atomic E-state index is 12.3. The molecule has 1 aliphatic heterocycles. The number of aromatic nitrogens is 3. The van der Waals surface area contributed by atoms with Gasteiger partial charge in [0, 0.05) is 17.9 Å². The molecular weight excluding hydrogens is 322 g/mol. The summed E-state index contributed by atoms with van der Waals surface area (Å²) >= 11 is 0. The predicted octanol–water partition coefficient (Wildman–Crippen LogP) is 2.48. The lowest BCUT2D eigenvalue weighted by Crippen LogP contribution is -2.37. The maximum atomic E-state index is 12.3. The highest BCUT2D eigenvalue weighted by atomic mass is 16.5. The molecule has 0 spiro atoms. The average molecular weight is 345 g/mol. The summed E-state index contributed by atoms with van der Waals surface area (Å²) < 4.78 is 10.8. The SMILES string of the molecule is Cc1cc(NC(=O)C2CCN(Cc3nnc(C4CCC4)o3)CC2)no1. The molecule has 134 valence electrons. The van der Waals surface area contributed by atoms with Crippen molar-refractivity contribution >= 4 is 11.7 Å². The van der Waals surface area contributed by atoms with Crippen LogP contribution in [0.1, 0.15) is 55.6 Å². The molecule has 2 aromatic heterocycles. The first-order valence-corrected chi connectivity index (χ1v) is 8.96. The molecule has 4 rings (SSSR count). The molecule has 0 radical (unpaired) electrons. The van der Waals surface area contributed by atoms with Gasteiger partial charge in [-0.05, 0) is 45.7 Å². The molecule has 2 aliphatic rings. The van der Waals surface area contributed by atoms with Crippen molar-refractivity contribution in [3.05, 3.63) is 23.6 Å². The Morgan fingerprint density at radius 2 is 2.08 bits per heavy atom. The molecule has 3 heterocycles. The Morgan fingerprint density at radius 1 is 1.28 bits per heavy atom. The van der Waals surface area contributed by atoms with Crippen LogP contribution in [0.4, 0.5) is 5.82 Å². The van der Waals surface area contributed by atoms with E-state index < -0.39 is 0 Å². The van der Waals surface area contributed by atoms with Crippen molar-refractivity contribution in [1.29, 1.82) is 0 Å². The zero-order chi connectivity index (χ0) is 17.2. The molecule has 1 amide bonds. The van der Waals surface area contributed by atoms with Crippen LogP contribution in [0.2, 0.25) is 0 Å². The summed E-state index contributed by atoms with van der Waals surface area (Å²) in [7, 11) is 0. The lowest BCUT2D eigenvalue weighted by atomic mass is 9.85. The monoisotopic (exact) mass is 345 g/mol. The number of nitrogens with one attached hydrogen (secondary N) is 1. The Bertz CT molecular complexity index is 728. The molecule has 0 unspecified atom stereocenters. The molecule has 1 aliphatic carbocycles. The minimum absolute atomic E-state index is 0.00137. The summed E-state index contributed by atoms with van der Waals surface area (Å²) in [5, 5.41) is 15.0. The number of carbonyl (C=O) groups excluding carboxylic acids is 1. The van der Waals surface area contributed by atoms with Crippen LogP contribution in [0.5, 0.6) is 0 Å². The van der Waals surface area contributed by atoms with Crippen molar-refractivity contribution in [1.82, 2.24) is 20.3 Å². The van der Waals surface area contributed by atoms with Gasteiger partial charge in [-0.3, -0.25) is 9.69 Å². The van der Waals surface area contributed by atoms with Crippen LogP contribution in [0, 0.1) is 12.8 Å². The van der Waals surface area contributed by atoms with E-state index in [9.17, 15) is 4.79 Å². The fourth-order valence-electron chi connectivity index (χ4n) is 3.35. The fourth-order valence-corrected chi connectivity index (χ4v) is 3.35. The molecule has 25 heavy (non-hydrogen) atoms. The van der Waals surface area contributed by atoms with Gasteiger partial charge in [-0.2, -0.15) is 0 Å². The average Bonchev–Trinajstić information content (AvgIpc) is 3.16. The van der Waals surface area contributed by atoms with Crippen LogP contribution >= 0.6 is 0 Å². The van der Waals surface area contributed by atoms with E-state index in [4.69, 9.17) is 8.94 Å². The number of aryl methyl sites for hydroxylation is 1. The van der Waals surface area contributed by atoms with Gasteiger partial charge >= 0.3 is 0 Å². The minimum atomic E-state index is 0.00137. The number of rotatable bonds is 5. The fraction of sp³-hybridized carbons (Fsp3) is 0.647. The molecule has 1 saturated heterocycles. The normalized spacial score (nSPS) is 19.7. The van der Waals surface area contributed by atoms with E-state index in [0.29, 0.717) is 29.9 Å². The van der Waals surface area contributed by atoms with Gasteiger partial charge in [0.05, 0.1) is 6.54 Å². The Kier molecular flexibility index (Phi) is 4.52. The number of nitrogens with zero attached hydrogens (tertiary/aromatic N) is 4. The van der Waals surface area contributed by atoms with Crippen molar-refractivity contribution in [2.45, 2.75) is 51.5 Å². The number of anilines is 1. The molecular formula is C17H23N5O3. The standard InChI is InChI=1S/C17H23N5O3/c1-11-9-14(21-25-11)18-16(23)12-5-7-22(8-6-12)10-15-19-20-17(24-15)13-3-2-4-13/h9,12-13H,2-8,10H2,1H3,(H,18,21,23). The van der Waals surface area contributed by atoms with E-state index in [1.165, 1.54) is 6.42 Å². The summed E-state index contributed by atoms with van der Waals surface area (Å²) in [4.78, 5) is 14.6. The Balaban J connectivity index is 1.25. The molecule has 2 fully saturated rings. The second-order valence-corrected chi connectivity index (χ2v) is 7.02. The molecule has 1 N–H and O–H groups in total. The third-order valence-corrected chi connectivity index (χ3v) is 5.13. The van der Waals surface area contributed by atoms with Crippen molar-refractivity contribution in [3.63, 3.8) is 0 Å². The second kappa shape index (κ2) is 6.95. The molecule has 0 bridgehead atoms. The number of amides is 1. The number of likely N-dealkylation sites (tertiary alicyclic amines) is 1. The van der Waals surface area contributed by atoms with E-state index in [0.717, 1.165) is 44.7 Å². The van der Waals surface area contributed by atoms with Gasteiger partial charge in [-0.25, -0.2) is 0 Å². The number of hydrogen-bond donors (Lipinski definition) is 1. The van der Waals surface area contributed by atoms with Crippen molar-refractivity contribution in [2.24, 2.45) is 5.92 Å². The van der Waals surface area contributed by atoms with Crippen LogP contribution in [0.3, 0.4) is 0 Å². The number of piperidine rings is 1. The first kappa shape index (κ1) is 16.3. The van der Waals surface area contributed by atoms with Crippen molar-refractivity contribution < 1.29 is 13.7 Å². The quantitative estimate of drug-likeness (QED) is 0.889. The van der Waals surface area contributed by atoms with Crippen LogP contribution in [0.15, 0.2) is 15.0 Å². The summed E-state index contributed by atoms with van der Waals surface area (Å²) in [5.41, 5.74) is 0. The van der Waals surface area contributed by atoms with E-state index in [1.807, 2.05) is 0 Å². The van der Waals surface area contributed by atoms with E-state index in [1.54, 1.807) is 13.0 Å². The topological polar surface area (TPSA) is 97.3 Å². The Labute approximate surface area is 145 Å². The van der Waals surface area contributed by atoms with Crippen LogP contribution in [0.25, 0.3) is 0 Å². The summed E-state index contributed by atoms with van der Waals surface area (Å²) in [6.45, 7) is 4.15. The molecule has 1 saturated carbocycles. The largest absolute Gasteiger partial charge is 0.424 e. The van der Waals surface area contributed by atoms with Gasteiger partial charge in [0.1, 0.15) is 5.76 Å². The third kappa shape index (κ3) is 3.73. The maximum Gasteiger partial charge on any atom is 0.230 e. The summed E-state index contributed by atoms with van der Waals surface area (Å²) in [5.74, 6) is 3.13. The lowest BCUT2D eigenvalue weighted by molar-refractivity contribution is -0.121. The molecule has 2 aromatic rings. The van der Waals surface area contributed by atoms with Crippen LogP contribution in [-0.4, -0.2) is 39.3 Å². The lowest BCUT2D eigenvalue weighted by Gasteiger charge is -2.30. The van der Waals surface area contributed by atoms with E-state index >= 15 is 0 Å². The van der Waals surface area contributed by atoms with Gasteiger partial charge in [-0.1, -0.05) is 11.6 Å². The number of hydrogen-bond acceptors (Lipinski definition) is 7. The van der Waals surface area contributed by atoms with E-state index in [2.05, 4.69) is 25.6 Å². The first-order chi connectivity index (χ1) is 12.2. The highest BCUT2D eigenvalue weighted by molar-refractivity contribution is 5.91. The van der Waals surface area contributed by atoms with Gasteiger partial charge in [0.2, 0.25) is 17.7 Å². The van der Waals surface area contributed by atoms with Gasteiger partial charge in [0.15, 0.2) is 5.82 Å². The zero-order valence-corrected chi connectivity index (χ0v) is 14.4. The number of carbonyl (C=O) groups is 1. The predicted molar refractivity (Wildman–Crippen MR) is 88.8 cm³/mol. The Hall–Kier alpha value is -2.22. The molecule has 8 heteroatoms. The van der Waals surface area contributed by atoms with Crippen molar-refractivity contribution in [3.8, 4) is 0 Å². The highest BCUT2D eigenvalue weighted by Crippen LogP contribution is 2.35. The Morgan fingerprint density at radius 3 is 2.72 bits per heavy atom. The second-order valence-electron chi connectivity index (χ2n) is 7.02. The van der Waals surface area contributed by atoms with Crippen LogP contribution < -0.4 is 5.32 Å². The third-order valence-electron chi connectivity index (χ3n) is 5.13. The minimum Gasteiger partial charge on any atom is -0.424 e. The summed E-state index contributed by atoms with van der Waals surface area (Å²) in [6.07, 6.45) is 5.20. The molecule has 0 atom stereocenters. The van der Waals surface area contributed by atoms with Crippen LogP contribution in [-0.2, 0) is 11.3 Å². The molecule has 8 nitrogen and oxygen atoms in total. The smallest absolute Gasteiger partial charge is 0.230 e. The molecule has 0 aromatic carbocycles. The van der Waals surface area contributed by atoms with Crippen molar-refractivity contribution in [2.75, 3.05) is 18.4 Å². The van der Waals surface area contributed by atoms with Gasteiger partial charge < -0.3 is 14.3 Å². The van der Waals surface area contributed by atoms with Gasteiger partial charge in [0.25, 0.3) is 0 Å². The first-order valence-electron chi connectivity index (χ1n) is 8.96.